The summed E-state index contributed by atoms with van der Waals surface area (Å²) in [5.41, 5.74) is 1.40. The summed E-state index contributed by atoms with van der Waals surface area (Å²) in [5, 5.41) is 1.85. The number of nitrogens with zero attached hydrogens (tertiary/aromatic N) is 2. The van der Waals surface area contributed by atoms with Crippen LogP contribution in [0.5, 0.6) is 5.75 Å². The zero-order chi connectivity index (χ0) is 17.3. The molecule has 0 atom stereocenters. The Labute approximate surface area is 149 Å². The number of thiazole rings is 1. The van der Waals surface area contributed by atoms with E-state index < -0.39 is 5.97 Å². The summed E-state index contributed by atoms with van der Waals surface area (Å²) in [5.74, 6) is 0.0298. The number of benzene rings is 1. The van der Waals surface area contributed by atoms with Crippen molar-refractivity contribution in [3.8, 4) is 5.75 Å². The van der Waals surface area contributed by atoms with Gasteiger partial charge in [-0.2, -0.15) is 0 Å². The SMILES string of the molecule is COc1ccc(Br)c(C(=O)OCc2cc(=O)n3c(C)csc3n2)c1. The Morgan fingerprint density at radius 1 is 1.38 bits per heavy atom. The first-order valence-corrected chi connectivity index (χ1v) is 8.64. The molecule has 0 unspecified atom stereocenters. The van der Waals surface area contributed by atoms with Crippen LogP contribution in [0.25, 0.3) is 4.96 Å². The van der Waals surface area contributed by atoms with Gasteiger partial charge in [-0.05, 0) is 41.1 Å². The molecule has 6 nitrogen and oxygen atoms in total. The average molecular weight is 409 g/mol. The van der Waals surface area contributed by atoms with Gasteiger partial charge in [-0.25, -0.2) is 9.78 Å². The van der Waals surface area contributed by atoms with Crippen LogP contribution in [-0.4, -0.2) is 22.5 Å². The number of carbonyl (C=O) groups excluding carboxylic acids is 1. The third-order valence-corrected chi connectivity index (χ3v) is 5.01. The minimum Gasteiger partial charge on any atom is -0.497 e. The molecule has 0 N–H and O–H groups in total. The topological polar surface area (TPSA) is 69.9 Å². The van der Waals surface area contributed by atoms with Crippen LogP contribution in [0, 0.1) is 6.92 Å². The molecule has 0 fully saturated rings. The summed E-state index contributed by atoms with van der Waals surface area (Å²) in [6.45, 7) is 1.76. The lowest BCUT2D eigenvalue weighted by molar-refractivity contribution is 0.0466. The normalized spacial score (nSPS) is 10.8. The maximum Gasteiger partial charge on any atom is 0.339 e. The Bertz CT molecular complexity index is 980. The second-order valence-corrected chi connectivity index (χ2v) is 6.69. The summed E-state index contributed by atoms with van der Waals surface area (Å²) >= 11 is 4.68. The molecule has 2 heterocycles. The van der Waals surface area contributed by atoms with Crippen molar-refractivity contribution in [3.05, 3.63) is 61.4 Å². The molecule has 0 bridgehead atoms. The number of halogens is 1. The Kier molecular flexibility index (Phi) is 4.68. The molecule has 0 amide bonds. The lowest BCUT2D eigenvalue weighted by atomic mass is 10.2. The molecule has 0 aliphatic heterocycles. The van der Waals surface area contributed by atoms with Crippen LogP contribution in [-0.2, 0) is 11.3 Å². The van der Waals surface area contributed by atoms with Gasteiger partial charge >= 0.3 is 5.97 Å². The van der Waals surface area contributed by atoms with Crippen molar-refractivity contribution in [2.24, 2.45) is 0 Å². The minimum atomic E-state index is -0.523. The molecule has 124 valence electrons. The van der Waals surface area contributed by atoms with E-state index in [0.717, 1.165) is 5.69 Å². The number of fused-ring (bicyclic) bond motifs is 1. The zero-order valence-corrected chi connectivity index (χ0v) is 15.3. The molecule has 0 aliphatic rings. The highest BCUT2D eigenvalue weighted by molar-refractivity contribution is 9.10. The summed E-state index contributed by atoms with van der Waals surface area (Å²) in [4.78, 5) is 29.3. The molecular formula is C16H13BrN2O4S. The molecule has 3 rings (SSSR count). The van der Waals surface area contributed by atoms with E-state index in [1.165, 1.54) is 28.9 Å². The van der Waals surface area contributed by atoms with E-state index in [1.807, 2.05) is 12.3 Å². The highest BCUT2D eigenvalue weighted by Gasteiger charge is 2.14. The lowest BCUT2D eigenvalue weighted by Crippen LogP contribution is -2.16. The van der Waals surface area contributed by atoms with Crippen molar-refractivity contribution >= 4 is 38.2 Å². The standard InChI is InChI=1S/C16H13BrN2O4S/c1-9-8-24-16-18-10(5-14(20)19(9)16)7-23-15(21)12-6-11(22-2)3-4-13(12)17/h3-6,8H,7H2,1-2H3. The van der Waals surface area contributed by atoms with Gasteiger partial charge in [-0.3, -0.25) is 9.20 Å². The molecule has 1 aromatic carbocycles. The van der Waals surface area contributed by atoms with Crippen LogP contribution in [0.15, 0.2) is 38.9 Å². The quantitative estimate of drug-likeness (QED) is 0.619. The number of aryl methyl sites for hydroxylation is 1. The fourth-order valence-electron chi connectivity index (χ4n) is 2.18. The fourth-order valence-corrected chi connectivity index (χ4v) is 3.48. The second kappa shape index (κ2) is 6.74. The van der Waals surface area contributed by atoms with Gasteiger partial charge in [-0.1, -0.05) is 0 Å². The smallest absolute Gasteiger partial charge is 0.339 e. The van der Waals surface area contributed by atoms with E-state index in [4.69, 9.17) is 9.47 Å². The van der Waals surface area contributed by atoms with Gasteiger partial charge in [0.2, 0.25) is 0 Å². The summed E-state index contributed by atoms with van der Waals surface area (Å²) < 4.78 is 12.5. The summed E-state index contributed by atoms with van der Waals surface area (Å²) in [6.07, 6.45) is 0. The third-order valence-electron chi connectivity index (χ3n) is 3.37. The number of ether oxygens (including phenoxy) is 2. The Morgan fingerprint density at radius 2 is 2.17 bits per heavy atom. The van der Waals surface area contributed by atoms with Crippen molar-refractivity contribution in [1.82, 2.24) is 9.38 Å². The van der Waals surface area contributed by atoms with Gasteiger partial charge in [-0.15, -0.1) is 11.3 Å². The van der Waals surface area contributed by atoms with Gasteiger partial charge in [0.1, 0.15) is 12.4 Å². The van der Waals surface area contributed by atoms with E-state index in [0.29, 0.717) is 26.4 Å². The fraction of sp³-hybridized carbons (Fsp3) is 0.188. The summed E-state index contributed by atoms with van der Waals surface area (Å²) in [6, 6.07) is 6.40. The molecule has 0 radical (unpaired) electrons. The van der Waals surface area contributed by atoms with Gasteiger partial charge in [0, 0.05) is 21.6 Å². The maximum atomic E-state index is 12.2. The van der Waals surface area contributed by atoms with Gasteiger partial charge in [0.05, 0.1) is 18.4 Å². The number of rotatable bonds is 4. The highest BCUT2D eigenvalue weighted by atomic mass is 79.9. The zero-order valence-electron chi connectivity index (χ0n) is 12.9. The molecule has 0 saturated carbocycles. The van der Waals surface area contributed by atoms with Crippen molar-refractivity contribution in [2.45, 2.75) is 13.5 Å². The van der Waals surface area contributed by atoms with E-state index in [-0.39, 0.29) is 12.2 Å². The number of methoxy groups -OCH3 is 1. The number of hydrogen-bond donors (Lipinski definition) is 0. The first kappa shape index (κ1) is 16.7. The predicted octanol–water partition coefficient (Wildman–Crippen LogP) is 3.19. The first-order chi connectivity index (χ1) is 11.5. The van der Waals surface area contributed by atoms with E-state index in [1.54, 1.807) is 18.2 Å². The van der Waals surface area contributed by atoms with Crippen LogP contribution < -0.4 is 10.3 Å². The van der Waals surface area contributed by atoms with E-state index in [9.17, 15) is 9.59 Å². The van der Waals surface area contributed by atoms with Crippen molar-refractivity contribution in [2.75, 3.05) is 7.11 Å². The number of aromatic nitrogens is 2. The van der Waals surface area contributed by atoms with Crippen LogP contribution in [0.2, 0.25) is 0 Å². The summed E-state index contributed by atoms with van der Waals surface area (Å²) in [7, 11) is 1.52. The first-order valence-electron chi connectivity index (χ1n) is 6.97. The Morgan fingerprint density at radius 3 is 2.92 bits per heavy atom. The third kappa shape index (κ3) is 3.20. The van der Waals surface area contributed by atoms with Crippen LogP contribution in [0.3, 0.4) is 0 Å². The second-order valence-electron chi connectivity index (χ2n) is 5.00. The van der Waals surface area contributed by atoms with Gasteiger partial charge in [0.25, 0.3) is 5.56 Å². The van der Waals surface area contributed by atoms with Gasteiger partial charge < -0.3 is 9.47 Å². The lowest BCUT2D eigenvalue weighted by Gasteiger charge is -2.08. The molecule has 24 heavy (non-hydrogen) atoms. The van der Waals surface area contributed by atoms with Crippen molar-refractivity contribution in [3.63, 3.8) is 0 Å². The van der Waals surface area contributed by atoms with Crippen molar-refractivity contribution < 1.29 is 14.3 Å². The van der Waals surface area contributed by atoms with Crippen LogP contribution in [0.4, 0.5) is 0 Å². The van der Waals surface area contributed by atoms with E-state index >= 15 is 0 Å². The molecule has 2 aromatic heterocycles. The monoisotopic (exact) mass is 408 g/mol. The van der Waals surface area contributed by atoms with Gasteiger partial charge in [0.15, 0.2) is 4.96 Å². The molecule has 0 spiro atoms. The molecule has 0 saturated heterocycles. The Hall–Kier alpha value is -2.19. The molecule has 3 aromatic rings. The Balaban J connectivity index is 1.81. The number of esters is 1. The molecule has 0 aliphatic carbocycles. The van der Waals surface area contributed by atoms with Crippen LogP contribution >= 0.6 is 27.3 Å². The minimum absolute atomic E-state index is 0.0782. The maximum absolute atomic E-state index is 12.2. The van der Waals surface area contributed by atoms with Crippen molar-refractivity contribution in [1.29, 1.82) is 0 Å². The number of carbonyl (C=O) groups is 1. The largest absolute Gasteiger partial charge is 0.497 e. The highest BCUT2D eigenvalue weighted by Crippen LogP contribution is 2.23. The molecule has 8 heteroatoms. The average Bonchev–Trinajstić information content (AvgIpc) is 2.94. The molecular weight excluding hydrogens is 396 g/mol. The number of hydrogen-bond acceptors (Lipinski definition) is 6. The van der Waals surface area contributed by atoms with E-state index in [2.05, 4.69) is 20.9 Å². The predicted molar refractivity (Wildman–Crippen MR) is 93.9 cm³/mol. The van der Waals surface area contributed by atoms with Crippen LogP contribution in [0.1, 0.15) is 21.7 Å².